The summed E-state index contributed by atoms with van der Waals surface area (Å²) in [4.78, 5) is 24.4. The van der Waals surface area contributed by atoms with Crippen molar-refractivity contribution >= 4 is 11.9 Å². The van der Waals surface area contributed by atoms with Crippen LogP contribution in [0.1, 0.15) is 10.4 Å². The Morgan fingerprint density at radius 2 is 2.16 bits per heavy atom. The van der Waals surface area contributed by atoms with Crippen LogP contribution < -0.4 is 5.32 Å². The fourth-order valence-corrected chi connectivity index (χ4v) is 2.00. The number of amides is 1. The van der Waals surface area contributed by atoms with Gasteiger partial charge >= 0.3 is 5.97 Å². The number of halogens is 1. The van der Waals surface area contributed by atoms with Crippen molar-refractivity contribution in [3.05, 3.63) is 29.6 Å². The number of carbonyl (C=O) groups excluding carboxylic acids is 1. The van der Waals surface area contributed by atoms with Crippen LogP contribution in [-0.4, -0.2) is 52.7 Å². The number of benzene rings is 1. The highest BCUT2D eigenvalue weighted by Gasteiger charge is 2.33. The van der Waals surface area contributed by atoms with Gasteiger partial charge in [0.2, 0.25) is 0 Å². The van der Waals surface area contributed by atoms with Gasteiger partial charge in [0.25, 0.3) is 5.91 Å². The number of phenols is 1. The Kier molecular flexibility index (Phi) is 3.66. The number of carboxylic acids is 1. The number of carbonyl (C=O) groups is 2. The van der Waals surface area contributed by atoms with Crippen molar-refractivity contribution in [2.45, 2.75) is 6.04 Å². The van der Waals surface area contributed by atoms with Gasteiger partial charge in [-0.05, 0) is 18.2 Å². The standard InChI is InChI=1S/C12H13FN2O4/c13-7-1-2-10(16)8(5-7)11(17)15-4-3-14-6-9(15)12(18)19/h1-2,5,9,14,16H,3-4,6H2,(H,18,19). The van der Waals surface area contributed by atoms with Gasteiger partial charge in [0, 0.05) is 19.6 Å². The summed E-state index contributed by atoms with van der Waals surface area (Å²) in [5.41, 5.74) is -0.229. The highest BCUT2D eigenvalue weighted by molar-refractivity contribution is 5.99. The molecular weight excluding hydrogens is 255 g/mol. The second kappa shape index (κ2) is 5.23. The molecule has 0 aromatic heterocycles. The van der Waals surface area contributed by atoms with Gasteiger partial charge in [-0.2, -0.15) is 0 Å². The molecule has 1 heterocycles. The lowest BCUT2D eigenvalue weighted by atomic mass is 10.1. The van der Waals surface area contributed by atoms with E-state index in [0.717, 1.165) is 23.1 Å². The number of nitrogens with one attached hydrogen (secondary N) is 1. The average Bonchev–Trinajstić information content (AvgIpc) is 2.40. The topological polar surface area (TPSA) is 89.9 Å². The number of nitrogens with zero attached hydrogens (tertiary/aromatic N) is 1. The molecule has 0 bridgehead atoms. The maximum atomic E-state index is 13.1. The average molecular weight is 268 g/mol. The maximum absolute atomic E-state index is 13.1. The molecular formula is C12H13FN2O4. The van der Waals surface area contributed by atoms with Crippen molar-refractivity contribution in [2.75, 3.05) is 19.6 Å². The van der Waals surface area contributed by atoms with E-state index in [4.69, 9.17) is 5.11 Å². The molecule has 1 fully saturated rings. The fraction of sp³-hybridized carbons (Fsp3) is 0.333. The van der Waals surface area contributed by atoms with E-state index in [1.54, 1.807) is 0 Å². The number of piperazine rings is 1. The molecule has 19 heavy (non-hydrogen) atoms. The molecule has 0 aliphatic carbocycles. The van der Waals surface area contributed by atoms with Gasteiger partial charge in [0.05, 0.1) is 5.56 Å². The Morgan fingerprint density at radius 1 is 1.42 bits per heavy atom. The largest absolute Gasteiger partial charge is 0.507 e. The third-order valence-electron chi connectivity index (χ3n) is 2.98. The minimum Gasteiger partial charge on any atom is -0.507 e. The summed E-state index contributed by atoms with van der Waals surface area (Å²) >= 11 is 0. The molecule has 102 valence electrons. The minimum absolute atomic E-state index is 0.122. The Morgan fingerprint density at radius 3 is 2.84 bits per heavy atom. The van der Waals surface area contributed by atoms with Crippen molar-refractivity contribution < 1.29 is 24.2 Å². The molecule has 3 N–H and O–H groups in total. The molecule has 7 heteroatoms. The van der Waals surface area contributed by atoms with Crippen LogP contribution in [0, 0.1) is 5.82 Å². The number of rotatable bonds is 2. The van der Waals surface area contributed by atoms with Gasteiger partial charge < -0.3 is 20.4 Å². The predicted molar refractivity (Wildman–Crippen MR) is 63.4 cm³/mol. The first-order valence-electron chi connectivity index (χ1n) is 5.73. The molecule has 1 aliphatic heterocycles. The predicted octanol–water partition coefficient (Wildman–Crippen LogP) is 0.0299. The summed E-state index contributed by atoms with van der Waals surface area (Å²) in [7, 11) is 0. The van der Waals surface area contributed by atoms with Gasteiger partial charge in [0.1, 0.15) is 17.6 Å². The quantitative estimate of drug-likeness (QED) is 0.704. The van der Waals surface area contributed by atoms with E-state index in [-0.39, 0.29) is 24.4 Å². The highest BCUT2D eigenvalue weighted by atomic mass is 19.1. The molecule has 0 saturated carbocycles. The maximum Gasteiger partial charge on any atom is 0.327 e. The van der Waals surface area contributed by atoms with E-state index >= 15 is 0 Å². The zero-order valence-electron chi connectivity index (χ0n) is 9.97. The van der Waals surface area contributed by atoms with Crippen molar-refractivity contribution in [1.29, 1.82) is 0 Å². The van der Waals surface area contributed by atoms with Crippen molar-refractivity contribution in [3.63, 3.8) is 0 Å². The van der Waals surface area contributed by atoms with Crippen LogP contribution in [0.5, 0.6) is 5.75 Å². The number of aliphatic carboxylic acids is 1. The first-order chi connectivity index (χ1) is 9.00. The first kappa shape index (κ1) is 13.3. The molecule has 1 amide bonds. The molecule has 1 aliphatic rings. The van der Waals surface area contributed by atoms with Crippen LogP contribution >= 0.6 is 0 Å². The van der Waals surface area contributed by atoms with E-state index in [9.17, 15) is 19.1 Å². The highest BCUT2D eigenvalue weighted by Crippen LogP contribution is 2.21. The molecule has 1 aromatic rings. The smallest absolute Gasteiger partial charge is 0.327 e. The number of hydrogen-bond donors (Lipinski definition) is 3. The van der Waals surface area contributed by atoms with E-state index in [0.29, 0.717) is 6.54 Å². The summed E-state index contributed by atoms with van der Waals surface area (Å²) in [6.07, 6.45) is 0. The van der Waals surface area contributed by atoms with Gasteiger partial charge in [-0.25, -0.2) is 9.18 Å². The molecule has 1 unspecified atom stereocenters. The van der Waals surface area contributed by atoms with Gasteiger partial charge in [0.15, 0.2) is 0 Å². The van der Waals surface area contributed by atoms with Gasteiger partial charge in [-0.3, -0.25) is 4.79 Å². The van der Waals surface area contributed by atoms with Crippen LogP contribution in [0.3, 0.4) is 0 Å². The van der Waals surface area contributed by atoms with E-state index in [1.165, 1.54) is 0 Å². The Labute approximate surface area is 108 Å². The summed E-state index contributed by atoms with van der Waals surface area (Å²) in [6, 6.07) is 1.97. The summed E-state index contributed by atoms with van der Waals surface area (Å²) in [5, 5.41) is 21.5. The van der Waals surface area contributed by atoms with Crippen LogP contribution in [0.2, 0.25) is 0 Å². The van der Waals surface area contributed by atoms with Crippen LogP contribution in [0.15, 0.2) is 18.2 Å². The zero-order valence-corrected chi connectivity index (χ0v) is 9.97. The molecule has 2 rings (SSSR count). The van der Waals surface area contributed by atoms with Crippen molar-refractivity contribution in [2.24, 2.45) is 0 Å². The molecule has 1 aromatic carbocycles. The Hall–Kier alpha value is -2.15. The molecule has 6 nitrogen and oxygen atoms in total. The van der Waals surface area contributed by atoms with Crippen LogP contribution in [0.4, 0.5) is 4.39 Å². The molecule has 0 spiro atoms. The van der Waals surface area contributed by atoms with Gasteiger partial charge in [-0.15, -0.1) is 0 Å². The van der Waals surface area contributed by atoms with Crippen LogP contribution in [-0.2, 0) is 4.79 Å². The lowest BCUT2D eigenvalue weighted by Gasteiger charge is -2.33. The second-order valence-corrected chi connectivity index (χ2v) is 4.22. The monoisotopic (exact) mass is 268 g/mol. The number of aromatic hydroxyl groups is 1. The number of hydrogen-bond acceptors (Lipinski definition) is 4. The third-order valence-corrected chi connectivity index (χ3v) is 2.98. The molecule has 1 saturated heterocycles. The number of carboxylic acid groups (broad SMARTS) is 1. The summed E-state index contributed by atoms with van der Waals surface area (Å²) < 4.78 is 13.1. The molecule has 0 radical (unpaired) electrons. The Balaban J connectivity index is 2.31. The molecule has 1 atom stereocenters. The van der Waals surface area contributed by atoms with Crippen molar-refractivity contribution in [1.82, 2.24) is 10.2 Å². The van der Waals surface area contributed by atoms with E-state index < -0.39 is 23.7 Å². The minimum atomic E-state index is -1.14. The first-order valence-corrected chi connectivity index (χ1v) is 5.73. The van der Waals surface area contributed by atoms with Gasteiger partial charge in [-0.1, -0.05) is 0 Å². The number of phenolic OH excluding ortho intramolecular Hbond substituents is 1. The zero-order chi connectivity index (χ0) is 14.0. The van der Waals surface area contributed by atoms with E-state index in [1.807, 2.05) is 0 Å². The summed E-state index contributed by atoms with van der Waals surface area (Å²) in [5.74, 6) is -2.86. The Bertz CT molecular complexity index is 520. The lowest BCUT2D eigenvalue weighted by Crippen LogP contribution is -2.57. The SMILES string of the molecule is O=C(O)C1CNCCN1C(=O)c1cc(F)ccc1O. The normalized spacial score (nSPS) is 19.2. The third kappa shape index (κ3) is 2.65. The van der Waals surface area contributed by atoms with Crippen molar-refractivity contribution in [3.8, 4) is 5.75 Å². The van der Waals surface area contributed by atoms with Crippen LogP contribution in [0.25, 0.3) is 0 Å². The lowest BCUT2D eigenvalue weighted by molar-refractivity contribution is -0.142. The van der Waals surface area contributed by atoms with E-state index in [2.05, 4.69) is 5.32 Å². The fourth-order valence-electron chi connectivity index (χ4n) is 2.00. The second-order valence-electron chi connectivity index (χ2n) is 4.22. The summed E-state index contributed by atoms with van der Waals surface area (Å²) in [6.45, 7) is 0.758.